The zero-order valence-electron chi connectivity index (χ0n) is 10.2. The van der Waals surface area contributed by atoms with Crippen molar-refractivity contribution in [1.82, 2.24) is 10.3 Å². The molecule has 94 valence electrons. The van der Waals surface area contributed by atoms with Crippen molar-refractivity contribution in [2.24, 2.45) is 0 Å². The minimum Gasteiger partial charge on any atom is -0.474 e. The molecule has 0 aliphatic heterocycles. The first-order valence-corrected chi connectivity index (χ1v) is 6.70. The molecule has 1 saturated carbocycles. The van der Waals surface area contributed by atoms with Crippen LogP contribution in [0.1, 0.15) is 38.3 Å². The molecule has 2 rings (SSSR count). The average Bonchev–Trinajstić information content (AvgIpc) is 2.82. The summed E-state index contributed by atoms with van der Waals surface area (Å²) in [7, 11) is 0. The van der Waals surface area contributed by atoms with Gasteiger partial charge in [-0.05, 0) is 38.3 Å². The molecule has 1 aliphatic rings. The molecule has 1 aromatic rings. The van der Waals surface area contributed by atoms with E-state index < -0.39 is 0 Å². The normalized spacial score (nSPS) is 16.4. The summed E-state index contributed by atoms with van der Waals surface area (Å²) >= 11 is 6.09. The highest BCUT2D eigenvalue weighted by Crippen LogP contribution is 2.24. The third-order valence-corrected chi connectivity index (χ3v) is 3.37. The number of hydrogen-bond acceptors (Lipinski definition) is 3. The van der Waals surface area contributed by atoms with Crippen LogP contribution < -0.4 is 10.1 Å². The average molecular weight is 255 g/mol. The Morgan fingerprint density at radius 2 is 2.18 bits per heavy atom. The minimum atomic E-state index is 0.343. The number of hydrogen-bond donors (Lipinski definition) is 1. The number of ether oxygens (including phenoxy) is 1. The summed E-state index contributed by atoms with van der Waals surface area (Å²) in [4.78, 5) is 4.46. The fraction of sp³-hybridized carbons (Fsp3) is 0.615. The fourth-order valence-corrected chi connectivity index (χ4v) is 2.25. The van der Waals surface area contributed by atoms with Crippen LogP contribution in [-0.2, 0) is 6.54 Å². The third kappa shape index (κ3) is 3.58. The zero-order chi connectivity index (χ0) is 12.1. The van der Waals surface area contributed by atoms with Gasteiger partial charge in [0, 0.05) is 12.6 Å². The first kappa shape index (κ1) is 12.7. The largest absolute Gasteiger partial charge is 0.474 e. The highest BCUT2D eigenvalue weighted by molar-refractivity contribution is 6.31. The molecule has 1 fully saturated rings. The number of nitrogens with one attached hydrogen (secondary N) is 1. The minimum absolute atomic E-state index is 0.343. The predicted molar refractivity (Wildman–Crippen MR) is 69.5 cm³/mol. The maximum atomic E-state index is 6.09. The lowest BCUT2D eigenvalue weighted by Crippen LogP contribution is -2.15. The van der Waals surface area contributed by atoms with Gasteiger partial charge in [0.25, 0.3) is 0 Å². The molecule has 0 radical (unpaired) electrons. The van der Waals surface area contributed by atoms with E-state index in [0.717, 1.165) is 25.1 Å². The monoisotopic (exact) mass is 254 g/mol. The molecule has 0 spiro atoms. The second kappa shape index (κ2) is 6.22. The Labute approximate surface area is 108 Å². The summed E-state index contributed by atoms with van der Waals surface area (Å²) in [5.74, 6) is 0.703. The molecule has 3 nitrogen and oxygen atoms in total. The van der Waals surface area contributed by atoms with Crippen LogP contribution in [-0.4, -0.2) is 17.6 Å². The summed E-state index contributed by atoms with van der Waals surface area (Å²) in [5.41, 5.74) is 0.865. The van der Waals surface area contributed by atoms with E-state index in [2.05, 4.69) is 17.2 Å². The van der Waals surface area contributed by atoms with Gasteiger partial charge in [-0.1, -0.05) is 18.5 Å². The van der Waals surface area contributed by atoms with Crippen molar-refractivity contribution in [3.05, 3.63) is 22.8 Å². The highest BCUT2D eigenvalue weighted by atomic mass is 35.5. The van der Waals surface area contributed by atoms with Crippen LogP contribution in [0.2, 0.25) is 5.02 Å². The number of aromatic nitrogens is 1. The van der Waals surface area contributed by atoms with Gasteiger partial charge in [-0.25, -0.2) is 4.98 Å². The Morgan fingerprint density at radius 3 is 2.88 bits per heavy atom. The standard InChI is InChI=1S/C13H19ClN2O/c1-2-15-9-12-11(14)7-8-13(16-12)17-10-5-3-4-6-10/h7-8,10,15H,2-6,9H2,1H3. The molecule has 0 atom stereocenters. The van der Waals surface area contributed by atoms with Gasteiger partial charge in [0.2, 0.25) is 5.88 Å². The van der Waals surface area contributed by atoms with E-state index in [-0.39, 0.29) is 0 Å². The van der Waals surface area contributed by atoms with E-state index in [4.69, 9.17) is 16.3 Å². The fourth-order valence-electron chi connectivity index (χ4n) is 2.07. The van der Waals surface area contributed by atoms with E-state index >= 15 is 0 Å². The number of halogens is 1. The molecule has 17 heavy (non-hydrogen) atoms. The summed E-state index contributed by atoms with van der Waals surface area (Å²) in [6.45, 7) is 3.66. The third-order valence-electron chi connectivity index (χ3n) is 3.03. The van der Waals surface area contributed by atoms with E-state index in [1.54, 1.807) is 0 Å². The molecule has 1 aliphatic carbocycles. The number of pyridine rings is 1. The summed E-state index contributed by atoms with van der Waals surface area (Å²) in [5, 5.41) is 3.92. The zero-order valence-corrected chi connectivity index (χ0v) is 11.0. The molecule has 0 amide bonds. The number of nitrogens with zero attached hydrogens (tertiary/aromatic N) is 1. The smallest absolute Gasteiger partial charge is 0.213 e. The molecule has 0 saturated heterocycles. The first-order chi connectivity index (χ1) is 8.29. The van der Waals surface area contributed by atoms with Crippen LogP contribution >= 0.6 is 11.6 Å². The Morgan fingerprint density at radius 1 is 1.41 bits per heavy atom. The van der Waals surface area contributed by atoms with E-state index in [1.165, 1.54) is 12.8 Å². The van der Waals surface area contributed by atoms with Crippen LogP contribution in [0.25, 0.3) is 0 Å². The maximum absolute atomic E-state index is 6.09. The van der Waals surface area contributed by atoms with Gasteiger partial charge < -0.3 is 10.1 Å². The van der Waals surface area contributed by atoms with E-state index in [0.29, 0.717) is 23.6 Å². The van der Waals surface area contributed by atoms with Gasteiger partial charge in [0.05, 0.1) is 10.7 Å². The van der Waals surface area contributed by atoms with Crippen LogP contribution in [0.4, 0.5) is 0 Å². The van der Waals surface area contributed by atoms with Crippen molar-refractivity contribution in [2.45, 2.75) is 45.3 Å². The summed E-state index contributed by atoms with van der Waals surface area (Å²) in [6, 6.07) is 3.72. The van der Waals surface area contributed by atoms with Gasteiger partial charge in [-0.2, -0.15) is 0 Å². The van der Waals surface area contributed by atoms with E-state index in [1.807, 2.05) is 12.1 Å². The van der Waals surface area contributed by atoms with Crippen molar-refractivity contribution in [1.29, 1.82) is 0 Å². The van der Waals surface area contributed by atoms with Crippen LogP contribution in [0.3, 0.4) is 0 Å². The molecule has 0 bridgehead atoms. The topological polar surface area (TPSA) is 34.2 Å². The van der Waals surface area contributed by atoms with Gasteiger partial charge in [0.15, 0.2) is 0 Å². The van der Waals surface area contributed by atoms with Crippen molar-refractivity contribution in [2.75, 3.05) is 6.54 Å². The Balaban J connectivity index is 2.01. The second-order valence-electron chi connectivity index (χ2n) is 4.38. The van der Waals surface area contributed by atoms with Crippen LogP contribution in [0.5, 0.6) is 5.88 Å². The molecule has 0 aromatic carbocycles. The van der Waals surface area contributed by atoms with Crippen molar-refractivity contribution in [3.8, 4) is 5.88 Å². The molecule has 1 aromatic heterocycles. The van der Waals surface area contributed by atoms with Crippen LogP contribution in [0, 0.1) is 0 Å². The highest BCUT2D eigenvalue weighted by Gasteiger charge is 2.17. The van der Waals surface area contributed by atoms with Gasteiger partial charge in [-0.15, -0.1) is 0 Å². The molecule has 1 N–H and O–H groups in total. The van der Waals surface area contributed by atoms with E-state index in [9.17, 15) is 0 Å². The number of rotatable bonds is 5. The van der Waals surface area contributed by atoms with Gasteiger partial charge in [0.1, 0.15) is 6.10 Å². The van der Waals surface area contributed by atoms with Gasteiger partial charge >= 0.3 is 0 Å². The molecule has 0 unspecified atom stereocenters. The molecular formula is C13H19ClN2O. The van der Waals surface area contributed by atoms with Crippen molar-refractivity contribution >= 4 is 11.6 Å². The lowest BCUT2D eigenvalue weighted by Gasteiger charge is -2.13. The van der Waals surface area contributed by atoms with Crippen molar-refractivity contribution < 1.29 is 4.74 Å². The molecule has 4 heteroatoms. The predicted octanol–water partition coefficient (Wildman–Crippen LogP) is 3.17. The Bertz CT molecular complexity index is 364. The second-order valence-corrected chi connectivity index (χ2v) is 4.79. The maximum Gasteiger partial charge on any atom is 0.213 e. The van der Waals surface area contributed by atoms with Crippen LogP contribution in [0.15, 0.2) is 12.1 Å². The summed E-state index contributed by atoms with van der Waals surface area (Å²) in [6.07, 6.45) is 5.17. The quantitative estimate of drug-likeness (QED) is 0.877. The SMILES string of the molecule is CCNCc1nc(OC2CCCC2)ccc1Cl. The first-order valence-electron chi connectivity index (χ1n) is 6.32. The lowest BCUT2D eigenvalue weighted by molar-refractivity contribution is 0.201. The Hall–Kier alpha value is -0.800. The summed E-state index contributed by atoms with van der Waals surface area (Å²) < 4.78 is 5.85. The molecular weight excluding hydrogens is 236 g/mol. The van der Waals surface area contributed by atoms with Gasteiger partial charge in [-0.3, -0.25) is 0 Å². The van der Waals surface area contributed by atoms with Crippen molar-refractivity contribution in [3.63, 3.8) is 0 Å². The Kier molecular flexibility index (Phi) is 4.63. The lowest BCUT2D eigenvalue weighted by atomic mass is 10.3. The molecule has 1 heterocycles.